The normalized spacial score (nSPS) is 10.3. The number of aryl methyl sites for hydroxylation is 1. The molecule has 0 saturated carbocycles. The van der Waals surface area contributed by atoms with Gasteiger partial charge in [-0.05, 0) is 48.9 Å². The quantitative estimate of drug-likeness (QED) is 0.857. The molecule has 0 aliphatic heterocycles. The summed E-state index contributed by atoms with van der Waals surface area (Å²) in [6, 6.07) is 16.3. The van der Waals surface area contributed by atoms with Gasteiger partial charge in [0.25, 0.3) is 0 Å². The maximum absolute atomic E-state index is 5.80. The molecule has 1 N–H and O–H groups in total. The predicted molar refractivity (Wildman–Crippen MR) is 75.1 cm³/mol. The Balaban J connectivity index is 2.02. The number of benzene rings is 2. The van der Waals surface area contributed by atoms with Gasteiger partial charge in [-0.3, -0.25) is 0 Å². The predicted octanol–water partition coefficient (Wildman–Crippen LogP) is 3.90. The molecule has 0 heterocycles. The lowest BCUT2D eigenvalue weighted by molar-refractivity contribution is 0.482. The van der Waals surface area contributed by atoms with Gasteiger partial charge in [0.2, 0.25) is 0 Å². The molecule has 0 aromatic heterocycles. The van der Waals surface area contributed by atoms with E-state index in [1.807, 2.05) is 30.3 Å². The SMILES string of the molecule is CCNCc1ccc(Oc2cccc(C)c2)cc1. The molecule has 0 saturated heterocycles. The van der Waals surface area contributed by atoms with Gasteiger partial charge in [-0.15, -0.1) is 0 Å². The third kappa shape index (κ3) is 3.60. The Morgan fingerprint density at radius 2 is 1.78 bits per heavy atom. The fraction of sp³-hybridized carbons (Fsp3) is 0.250. The van der Waals surface area contributed by atoms with Gasteiger partial charge in [-0.1, -0.05) is 31.2 Å². The topological polar surface area (TPSA) is 21.3 Å². The van der Waals surface area contributed by atoms with Crippen molar-refractivity contribution in [3.63, 3.8) is 0 Å². The molecule has 0 amide bonds. The van der Waals surface area contributed by atoms with Crippen LogP contribution in [0.1, 0.15) is 18.1 Å². The molecule has 0 unspecified atom stereocenters. The lowest BCUT2D eigenvalue weighted by Crippen LogP contribution is -2.11. The molecule has 94 valence electrons. The fourth-order valence-electron chi connectivity index (χ4n) is 1.76. The van der Waals surface area contributed by atoms with Crippen LogP contribution in [0.2, 0.25) is 0 Å². The highest BCUT2D eigenvalue weighted by Gasteiger charge is 1.98. The largest absolute Gasteiger partial charge is 0.457 e. The molecule has 0 spiro atoms. The summed E-state index contributed by atoms with van der Waals surface area (Å²) in [4.78, 5) is 0. The number of ether oxygens (including phenoxy) is 1. The van der Waals surface area contributed by atoms with E-state index in [1.165, 1.54) is 11.1 Å². The zero-order chi connectivity index (χ0) is 12.8. The van der Waals surface area contributed by atoms with E-state index in [0.29, 0.717) is 0 Å². The van der Waals surface area contributed by atoms with Crippen LogP contribution in [0.4, 0.5) is 0 Å². The summed E-state index contributed by atoms with van der Waals surface area (Å²) in [5, 5.41) is 3.30. The van der Waals surface area contributed by atoms with Crippen LogP contribution in [0, 0.1) is 6.92 Å². The van der Waals surface area contributed by atoms with Crippen molar-refractivity contribution >= 4 is 0 Å². The highest BCUT2D eigenvalue weighted by molar-refractivity contribution is 5.34. The average molecular weight is 241 g/mol. The maximum Gasteiger partial charge on any atom is 0.127 e. The third-order valence-electron chi connectivity index (χ3n) is 2.73. The van der Waals surface area contributed by atoms with E-state index < -0.39 is 0 Å². The zero-order valence-electron chi connectivity index (χ0n) is 10.9. The second-order valence-electron chi connectivity index (χ2n) is 4.34. The van der Waals surface area contributed by atoms with E-state index in [1.54, 1.807) is 0 Å². The molecule has 0 atom stereocenters. The van der Waals surface area contributed by atoms with Crippen LogP contribution < -0.4 is 10.1 Å². The molecule has 2 rings (SSSR count). The van der Waals surface area contributed by atoms with Gasteiger partial charge in [0, 0.05) is 6.54 Å². The minimum atomic E-state index is 0.876. The van der Waals surface area contributed by atoms with E-state index in [0.717, 1.165) is 24.6 Å². The van der Waals surface area contributed by atoms with Crippen LogP contribution >= 0.6 is 0 Å². The monoisotopic (exact) mass is 241 g/mol. The van der Waals surface area contributed by atoms with Crippen LogP contribution in [0.5, 0.6) is 11.5 Å². The first-order valence-electron chi connectivity index (χ1n) is 6.32. The van der Waals surface area contributed by atoms with E-state index in [4.69, 9.17) is 4.74 Å². The molecule has 0 bridgehead atoms. The fourth-order valence-corrected chi connectivity index (χ4v) is 1.76. The Bertz CT molecular complexity index is 491. The number of hydrogen-bond donors (Lipinski definition) is 1. The molecule has 0 fully saturated rings. The Hall–Kier alpha value is -1.80. The van der Waals surface area contributed by atoms with E-state index in [9.17, 15) is 0 Å². The Kier molecular flexibility index (Phi) is 4.37. The van der Waals surface area contributed by atoms with Gasteiger partial charge in [0.1, 0.15) is 11.5 Å². The highest BCUT2D eigenvalue weighted by atomic mass is 16.5. The van der Waals surface area contributed by atoms with Crippen LogP contribution in [0.25, 0.3) is 0 Å². The van der Waals surface area contributed by atoms with Crippen molar-refractivity contribution in [2.75, 3.05) is 6.54 Å². The summed E-state index contributed by atoms with van der Waals surface area (Å²) in [5.41, 5.74) is 2.48. The maximum atomic E-state index is 5.80. The molecule has 18 heavy (non-hydrogen) atoms. The lowest BCUT2D eigenvalue weighted by Gasteiger charge is -2.07. The minimum absolute atomic E-state index is 0.876. The molecular formula is C16H19NO. The number of rotatable bonds is 5. The standard InChI is InChI=1S/C16H19NO/c1-3-17-12-14-7-9-15(10-8-14)18-16-6-4-5-13(2)11-16/h4-11,17H,3,12H2,1-2H3. The van der Waals surface area contributed by atoms with Crippen LogP contribution in [-0.4, -0.2) is 6.54 Å². The van der Waals surface area contributed by atoms with Gasteiger partial charge < -0.3 is 10.1 Å². The first-order valence-corrected chi connectivity index (χ1v) is 6.32. The van der Waals surface area contributed by atoms with Crippen LogP contribution in [-0.2, 0) is 6.54 Å². The lowest BCUT2D eigenvalue weighted by atomic mass is 10.2. The molecule has 2 heteroatoms. The van der Waals surface area contributed by atoms with Crippen molar-refractivity contribution in [3.05, 3.63) is 59.7 Å². The summed E-state index contributed by atoms with van der Waals surface area (Å²) in [5.74, 6) is 1.76. The summed E-state index contributed by atoms with van der Waals surface area (Å²) in [6.07, 6.45) is 0. The molecule has 2 aromatic rings. The summed E-state index contributed by atoms with van der Waals surface area (Å²) in [6.45, 7) is 6.06. The summed E-state index contributed by atoms with van der Waals surface area (Å²) >= 11 is 0. The summed E-state index contributed by atoms with van der Waals surface area (Å²) < 4.78 is 5.80. The van der Waals surface area contributed by atoms with Gasteiger partial charge >= 0.3 is 0 Å². The van der Waals surface area contributed by atoms with Gasteiger partial charge in [-0.25, -0.2) is 0 Å². The van der Waals surface area contributed by atoms with Gasteiger partial charge in [-0.2, -0.15) is 0 Å². The van der Waals surface area contributed by atoms with E-state index in [-0.39, 0.29) is 0 Å². The molecular weight excluding hydrogens is 222 g/mol. The Labute approximate surface area is 109 Å². The second kappa shape index (κ2) is 6.22. The van der Waals surface area contributed by atoms with Crippen molar-refractivity contribution in [2.45, 2.75) is 20.4 Å². The van der Waals surface area contributed by atoms with Crippen LogP contribution in [0.3, 0.4) is 0 Å². The highest BCUT2D eigenvalue weighted by Crippen LogP contribution is 2.22. The van der Waals surface area contributed by atoms with Crippen LogP contribution in [0.15, 0.2) is 48.5 Å². The van der Waals surface area contributed by atoms with E-state index >= 15 is 0 Å². The minimum Gasteiger partial charge on any atom is -0.457 e. The Morgan fingerprint density at radius 3 is 2.44 bits per heavy atom. The van der Waals surface area contributed by atoms with Crippen molar-refractivity contribution in [1.82, 2.24) is 5.32 Å². The first-order chi connectivity index (χ1) is 8.78. The number of hydrogen-bond acceptors (Lipinski definition) is 2. The van der Waals surface area contributed by atoms with Crippen molar-refractivity contribution in [3.8, 4) is 11.5 Å². The molecule has 2 nitrogen and oxygen atoms in total. The molecule has 0 aliphatic carbocycles. The second-order valence-corrected chi connectivity index (χ2v) is 4.34. The number of nitrogens with one attached hydrogen (secondary N) is 1. The zero-order valence-corrected chi connectivity index (χ0v) is 10.9. The van der Waals surface area contributed by atoms with E-state index in [2.05, 4.69) is 37.4 Å². The average Bonchev–Trinajstić information content (AvgIpc) is 2.38. The van der Waals surface area contributed by atoms with Gasteiger partial charge in [0.05, 0.1) is 0 Å². The molecule has 0 radical (unpaired) electrons. The Morgan fingerprint density at radius 1 is 1.00 bits per heavy atom. The van der Waals surface area contributed by atoms with Gasteiger partial charge in [0.15, 0.2) is 0 Å². The summed E-state index contributed by atoms with van der Waals surface area (Å²) in [7, 11) is 0. The molecule has 0 aliphatic rings. The smallest absolute Gasteiger partial charge is 0.127 e. The third-order valence-corrected chi connectivity index (χ3v) is 2.73. The van der Waals surface area contributed by atoms with Crippen molar-refractivity contribution in [1.29, 1.82) is 0 Å². The first kappa shape index (κ1) is 12.7. The van der Waals surface area contributed by atoms with Crippen molar-refractivity contribution in [2.24, 2.45) is 0 Å². The molecule has 2 aromatic carbocycles. The van der Waals surface area contributed by atoms with Crippen molar-refractivity contribution < 1.29 is 4.74 Å².